The molecule has 40 heavy (non-hydrogen) atoms. The molecule has 3 aliphatic rings. The predicted molar refractivity (Wildman–Crippen MR) is 156 cm³/mol. The molecule has 9 heteroatoms. The molecule has 3 saturated heterocycles. The second-order valence-electron chi connectivity index (χ2n) is 11.0. The van der Waals surface area contributed by atoms with Crippen LogP contribution in [0.2, 0.25) is 0 Å². The zero-order valence-electron chi connectivity index (χ0n) is 24.3. The molecule has 1 aromatic rings. The van der Waals surface area contributed by atoms with Crippen LogP contribution in [0.5, 0.6) is 0 Å². The van der Waals surface area contributed by atoms with E-state index < -0.39 is 29.1 Å². The van der Waals surface area contributed by atoms with E-state index in [2.05, 4.69) is 31.9 Å². The van der Waals surface area contributed by atoms with Crippen molar-refractivity contribution in [3.05, 3.63) is 49.6 Å². The molecule has 1 aromatic carbocycles. The van der Waals surface area contributed by atoms with Gasteiger partial charge in [0.15, 0.2) is 0 Å². The maximum atomic E-state index is 14.5. The smallest absolute Gasteiger partial charge is 0.253 e. The first-order valence-electron chi connectivity index (χ1n) is 14.4. The number of nitrogens with zero attached hydrogens (tertiary/aromatic N) is 4. The molecular formula is C31H44N4O5. The molecule has 2 bridgehead atoms. The molecule has 3 heterocycles. The SMILES string of the molecule is C=CCN(C)C(=O)[C@@H]1[C@H]2C(=O)N(CCO)C(C(=O)N(CC=C)c3ccc(N(CC)CC)cc3)C23CC[C@@]1(CC)O3. The Morgan fingerprint density at radius 1 is 1.05 bits per heavy atom. The van der Waals surface area contributed by atoms with Crippen LogP contribution < -0.4 is 9.80 Å². The number of carbonyl (C=O) groups is 3. The number of likely N-dealkylation sites (tertiary alicyclic amines) is 1. The molecule has 5 atom stereocenters. The minimum absolute atomic E-state index is 0.0117. The van der Waals surface area contributed by atoms with E-state index in [-0.39, 0.29) is 37.4 Å². The van der Waals surface area contributed by atoms with Gasteiger partial charge in [-0.3, -0.25) is 14.4 Å². The number of likely N-dealkylation sites (N-methyl/N-ethyl adjacent to an activating group) is 1. The molecule has 218 valence electrons. The molecule has 3 aliphatic heterocycles. The molecule has 0 aromatic heterocycles. The lowest BCUT2D eigenvalue weighted by molar-refractivity contribution is -0.150. The van der Waals surface area contributed by atoms with E-state index in [1.807, 2.05) is 31.2 Å². The summed E-state index contributed by atoms with van der Waals surface area (Å²) in [6, 6.07) is 6.84. The van der Waals surface area contributed by atoms with E-state index in [9.17, 15) is 19.5 Å². The highest BCUT2D eigenvalue weighted by Crippen LogP contribution is 2.64. The number of hydrogen-bond acceptors (Lipinski definition) is 6. The van der Waals surface area contributed by atoms with Gasteiger partial charge in [0.1, 0.15) is 11.6 Å². The van der Waals surface area contributed by atoms with Crippen LogP contribution in [0, 0.1) is 11.8 Å². The van der Waals surface area contributed by atoms with E-state index >= 15 is 0 Å². The molecule has 0 radical (unpaired) electrons. The lowest BCUT2D eigenvalue weighted by Crippen LogP contribution is -2.57. The van der Waals surface area contributed by atoms with Gasteiger partial charge in [-0.05, 0) is 57.4 Å². The number of aliphatic hydroxyl groups excluding tert-OH is 1. The molecule has 9 nitrogen and oxygen atoms in total. The number of anilines is 2. The van der Waals surface area contributed by atoms with E-state index in [0.29, 0.717) is 31.5 Å². The minimum atomic E-state index is -1.14. The Balaban J connectivity index is 1.77. The first-order valence-corrected chi connectivity index (χ1v) is 14.4. The van der Waals surface area contributed by atoms with Crippen LogP contribution in [0.4, 0.5) is 11.4 Å². The van der Waals surface area contributed by atoms with Gasteiger partial charge in [0, 0.05) is 51.1 Å². The van der Waals surface area contributed by atoms with Crippen molar-refractivity contribution >= 4 is 29.1 Å². The Labute approximate surface area is 238 Å². The third kappa shape index (κ3) is 4.53. The third-order valence-electron chi connectivity index (χ3n) is 9.17. The van der Waals surface area contributed by atoms with E-state index in [4.69, 9.17) is 4.74 Å². The Hall–Kier alpha value is -3.17. The number of rotatable bonds is 13. The van der Waals surface area contributed by atoms with Crippen molar-refractivity contribution in [2.75, 3.05) is 56.2 Å². The first-order chi connectivity index (χ1) is 19.2. The lowest BCUT2D eigenvalue weighted by Gasteiger charge is -2.36. The summed E-state index contributed by atoms with van der Waals surface area (Å²) in [5, 5.41) is 9.93. The second kappa shape index (κ2) is 11.7. The highest BCUT2D eigenvalue weighted by atomic mass is 16.5. The van der Waals surface area contributed by atoms with Crippen LogP contribution in [0.15, 0.2) is 49.6 Å². The molecule has 3 fully saturated rings. The molecule has 0 aliphatic carbocycles. The zero-order chi connectivity index (χ0) is 29.2. The molecule has 2 unspecified atom stereocenters. The molecule has 1 N–H and O–H groups in total. The van der Waals surface area contributed by atoms with Crippen molar-refractivity contribution in [2.45, 2.75) is 57.3 Å². The van der Waals surface area contributed by atoms with E-state index in [0.717, 1.165) is 18.8 Å². The molecule has 3 amide bonds. The van der Waals surface area contributed by atoms with Crippen LogP contribution >= 0.6 is 0 Å². The maximum Gasteiger partial charge on any atom is 0.253 e. The topological polar surface area (TPSA) is 93.6 Å². The monoisotopic (exact) mass is 552 g/mol. The number of β-amino-alcohol motifs (C(OH)–C–C–N with tert-alkyl or cyclic N) is 1. The van der Waals surface area contributed by atoms with Gasteiger partial charge in [-0.2, -0.15) is 0 Å². The van der Waals surface area contributed by atoms with Crippen LogP contribution in [-0.4, -0.2) is 96.3 Å². The number of ether oxygens (including phenoxy) is 1. The Morgan fingerprint density at radius 3 is 2.23 bits per heavy atom. The van der Waals surface area contributed by atoms with Gasteiger partial charge in [0.25, 0.3) is 5.91 Å². The van der Waals surface area contributed by atoms with Gasteiger partial charge in [-0.15, -0.1) is 13.2 Å². The third-order valence-corrected chi connectivity index (χ3v) is 9.17. The summed E-state index contributed by atoms with van der Waals surface area (Å²) in [5.74, 6) is -2.27. The fraction of sp³-hybridized carbons (Fsp3) is 0.581. The average molecular weight is 553 g/mol. The number of carbonyl (C=O) groups excluding carboxylic acids is 3. The van der Waals surface area contributed by atoms with Crippen LogP contribution in [0.3, 0.4) is 0 Å². The van der Waals surface area contributed by atoms with E-state index in [1.54, 1.807) is 29.0 Å². The molecular weight excluding hydrogens is 508 g/mol. The largest absolute Gasteiger partial charge is 0.395 e. The Kier molecular flexibility index (Phi) is 8.75. The maximum absolute atomic E-state index is 14.5. The van der Waals surface area contributed by atoms with Gasteiger partial charge >= 0.3 is 0 Å². The summed E-state index contributed by atoms with van der Waals surface area (Å²) in [6.07, 6.45) is 4.95. The van der Waals surface area contributed by atoms with Crippen molar-refractivity contribution in [3.8, 4) is 0 Å². The highest BCUT2D eigenvalue weighted by Gasteiger charge is 2.79. The quantitative estimate of drug-likeness (QED) is 0.379. The number of hydrogen-bond donors (Lipinski definition) is 1. The summed E-state index contributed by atoms with van der Waals surface area (Å²) in [7, 11) is 1.70. The highest BCUT2D eigenvalue weighted by molar-refractivity contribution is 6.05. The molecule has 0 saturated carbocycles. The van der Waals surface area contributed by atoms with Crippen LogP contribution in [0.1, 0.15) is 40.0 Å². The second-order valence-corrected chi connectivity index (χ2v) is 11.0. The first kappa shape index (κ1) is 29.8. The summed E-state index contributed by atoms with van der Waals surface area (Å²) < 4.78 is 6.81. The van der Waals surface area contributed by atoms with Gasteiger partial charge in [0.2, 0.25) is 11.8 Å². The van der Waals surface area contributed by atoms with Crippen LogP contribution in [0.25, 0.3) is 0 Å². The van der Waals surface area contributed by atoms with Gasteiger partial charge < -0.3 is 29.4 Å². The summed E-state index contributed by atoms with van der Waals surface area (Å²) >= 11 is 0. The van der Waals surface area contributed by atoms with Crippen molar-refractivity contribution in [1.82, 2.24) is 9.80 Å². The fourth-order valence-corrected chi connectivity index (χ4v) is 7.27. The average Bonchev–Trinajstić information content (AvgIpc) is 3.56. The summed E-state index contributed by atoms with van der Waals surface area (Å²) in [5.41, 5.74) is -0.210. The Bertz CT molecular complexity index is 1140. The summed E-state index contributed by atoms with van der Waals surface area (Å²) in [6.45, 7) is 15.8. The summed E-state index contributed by atoms with van der Waals surface area (Å²) in [4.78, 5) is 49.3. The lowest BCUT2D eigenvalue weighted by atomic mass is 9.64. The number of fused-ring (bicyclic) bond motifs is 1. The minimum Gasteiger partial charge on any atom is -0.395 e. The fourth-order valence-electron chi connectivity index (χ4n) is 7.27. The predicted octanol–water partition coefficient (Wildman–Crippen LogP) is 2.84. The van der Waals surface area contributed by atoms with Gasteiger partial charge in [-0.1, -0.05) is 19.1 Å². The van der Waals surface area contributed by atoms with Gasteiger partial charge in [0.05, 0.1) is 24.0 Å². The van der Waals surface area contributed by atoms with E-state index in [1.165, 1.54) is 4.90 Å². The van der Waals surface area contributed by atoms with Crippen molar-refractivity contribution in [1.29, 1.82) is 0 Å². The molecule has 4 rings (SSSR count). The standard InChI is InChI=1S/C31H44N4O5/c1-7-18-32(6)27(37)24-25-28(38)35(20-21-36)26(31(25)17-16-30(24,9-3)40-31)29(39)34(19-8-2)23-14-12-22(13-15-23)33(10-4)11-5/h7-8,12-15,24-26,36H,1-2,9-11,16-21H2,3-6H3/t24-,25-,26?,30+,31?/m0/s1. The van der Waals surface area contributed by atoms with Crippen LogP contribution in [-0.2, 0) is 19.1 Å². The number of benzene rings is 1. The Morgan fingerprint density at radius 2 is 1.68 bits per heavy atom. The zero-order valence-corrected chi connectivity index (χ0v) is 24.3. The number of amides is 3. The van der Waals surface area contributed by atoms with Crippen molar-refractivity contribution < 1.29 is 24.2 Å². The number of aliphatic hydroxyl groups is 1. The molecule has 1 spiro atoms. The normalized spacial score (nSPS) is 28.4. The van der Waals surface area contributed by atoms with Gasteiger partial charge in [-0.25, -0.2) is 0 Å². The van der Waals surface area contributed by atoms with Crippen molar-refractivity contribution in [3.63, 3.8) is 0 Å². The van der Waals surface area contributed by atoms with Crippen molar-refractivity contribution in [2.24, 2.45) is 11.8 Å².